The molecule has 0 spiro atoms. The summed E-state index contributed by atoms with van der Waals surface area (Å²) in [6.07, 6.45) is -16.9. The Morgan fingerprint density at radius 1 is 0.293 bits per heavy atom. The number of methoxy groups -OCH3 is 13. The molecule has 342 valence electrons. The minimum atomic E-state index is -1.10. The molecule has 8 unspecified atom stereocenters. The number of hydrogen-bond acceptors (Lipinski definition) is 21. The van der Waals surface area contributed by atoms with Crippen LogP contribution in [0.1, 0.15) is 0 Å². The molecule has 4 aliphatic rings. The lowest BCUT2D eigenvalue weighted by atomic mass is 9.95. The zero-order valence-electron chi connectivity index (χ0n) is 36.0. The van der Waals surface area contributed by atoms with E-state index in [4.69, 9.17) is 94.7 Å². The third-order valence-corrected chi connectivity index (χ3v) is 11.0. The average Bonchev–Trinajstić information content (AvgIpc) is 3.23. The van der Waals surface area contributed by atoms with Gasteiger partial charge in [-0.3, -0.25) is 0 Å². The number of rotatable bonds is 23. The molecule has 0 aromatic carbocycles. The van der Waals surface area contributed by atoms with E-state index in [-0.39, 0.29) is 26.4 Å². The number of hydrogen-bond donors (Lipinski definition) is 1. The number of aliphatic hydroxyl groups is 1. The maximum atomic E-state index is 11.0. The molecule has 0 saturated carbocycles. The number of ether oxygens (including phenoxy) is 20. The van der Waals surface area contributed by atoms with Gasteiger partial charge in [-0.1, -0.05) is 0 Å². The molecule has 21 nitrogen and oxygen atoms in total. The summed E-state index contributed by atoms with van der Waals surface area (Å²) in [6, 6.07) is 0. The summed E-state index contributed by atoms with van der Waals surface area (Å²) in [4.78, 5) is 0. The number of aliphatic hydroxyl groups excluding tert-OH is 1. The molecule has 4 saturated heterocycles. The van der Waals surface area contributed by atoms with Gasteiger partial charge in [0.2, 0.25) is 0 Å². The molecule has 4 heterocycles. The summed E-state index contributed by atoms with van der Waals surface area (Å²) < 4.78 is 121. The van der Waals surface area contributed by atoms with Crippen LogP contribution in [0.3, 0.4) is 0 Å². The molecule has 58 heavy (non-hydrogen) atoms. The molecule has 0 aromatic heterocycles. The quantitative estimate of drug-likeness (QED) is 0.128. The normalized spacial score (nSPS) is 43.8. The van der Waals surface area contributed by atoms with Gasteiger partial charge in [-0.25, -0.2) is 0 Å². The highest BCUT2D eigenvalue weighted by atomic mass is 16.8. The van der Waals surface area contributed by atoms with Crippen molar-refractivity contribution in [3.63, 3.8) is 0 Å². The van der Waals surface area contributed by atoms with Crippen LogP contribution in [0.25, 0.3) is 0 Å². The third-order valence-electron chi connectivity index (χ3n) is 11.0. The zero-order valence-corrected chi connectivity index (χ0v) is 36.0. The Bertz CT molecular complexity index is 1130. The molecule has 20 atom stereocenters. The second-order valence-electron chi connectivity index (χ2n) is 14.1. The molecule has 4 fully saturated rings. The van der Waals surface area contributed by atoms with Gasteiger partial charge in [-0.15, -0.1) is 0 Å². The van der Waals surface area contributed by atoms with Gasteiger partial charge >= 0.3 is 0 Å². The van der Waals surface area contributed by atoms with Crippen LogP contribution in [-0.4, -0.2) is 247 Å². The van der Waals surface area contributed by atoms with Gasteiger partial charge in [0.25, 0.3) is 0 Å². The Kier molecular flexibility index (Phi) is 21.2. The maximum absolute atomic E-state index is 11.0. The summed E-state index contributed by atoms with van der Waals surface area (Å²) in [5.74, 6) is 0. The molecule has 0 radical (unpaired) electrons. The predicted molar refractivity (Wildman–Crippen MR) is 196 cm³/mol. The fourth-order valence-corrected chi connectivity index (χ4v) is 8.27. The largest absolute Gasteiger partial charge is 0.387 e. The van der Waals surface area contributed by atoms with Gasteiger partial charge in [-0.05, 0) is 0 Å². The minimum absolute atomic E-state index is 0.0508. The van der Waals surface area contributed by atoms with E-state index in [2.05, 4.69) is 0 Å². The monoisotopic (exact) mass is 848 g/mol. The van der Waals surface area contributed by atoms with Gasteiger partial charge in [-0.2, -0.15) is 0 Å². The molecule has 1 N–H and O–H groups in total. The fourth-order valence-electron chi connectivity index (χ4n) is 8.27. The first-order valence-corrected chi connectivity index (χ1v) is 19.1. The Hall–Kier alpha value is -0.840. The van der Waals surface area contributed by atoms with Gasteiger partial charge in [0.15, 0.2) is 25.2 Å². The predicted octanol–water partition coefficient (Wildman–Crippen LogP) is -1.25. The van der Waals surface area contributed by atoms with Gasteiger partial charge in [0, 0.05) is 92.4 Å². The third kappa shape index (κ3) is 11.0. The summed E-state index contributed by atoms with van der Waals surface area (Å²) in [6.45, 7) is 0.332. The second-order valence-corrected chi connectivity index (χ2v) is 14.1. The van der Waals surface area contributed by atoms with Crippen LogP contribution in [0.15, 0.2) is 0 Å². The van der Waals surface area contributed by atoms with Crippen molar-refractivity contribution >= 4 is 0 Å². The van der Waals surface area contributed by atoms with E-state index < -0.39 is 123 Å². The van der Waals surface area contributed by atoms with E-state index in [1.807, 2.05) is 0 Å². The highest BCUT2D eigenvalue weighted by molar-refractivity contribution is 5.00. The van der Waals surface area contributed by atoms with Crippen molar-refractivity contribution in [2.24, 2.45) is 0 Å². The molecular formula is C37H68O21. The lowest BCUT2D eigenvalue weighted by molar-refractivity contribution is -0.394. The van der Waals surface area contributed by atoms with Crippen LogP contribution in [-0.2, 0) is 94.7 Å². The summed E-state index contributed by atoms with van der Waals surface area (Å²) in [7, 11) is 19.7. The molecule has 0 amide bonds. The smallest absolute Gasteiger partial charge is 0.187 e. The topological polar surface area (TPSA) is 205 Å². The highest BCUT2D eigenvalue weighted by Crippen LogP contribution is 2.38. The first-order valence-electron chi connectivity index (χ1n) is 19.1. The lowest BCUT2D eigenvalue weighted by Gasteiger charge is -2.51. The van der Waals surface area contributed by atoms with Crippen LogP contribution >= 0.6 is 0 Å². The molecular weight excluding hydrogens is 780 g/mol. The lowest BCUT2D eigenvalue weighted by Crippen LogP contribution is -2.68. The van der Waals surface area contributed by atoms with Crippen LogP contribution in [0.2, 0.25) is 0 Å². The van der Waals surface area contributed by atoms with Crippen molar-refractivity contribution in [2.45, 2.75) is 123 Å². The molecule has 0 aliphatic carbocycles. The van der Waals surface area contributed by atoms with Crippen LogP contribution in [0, 0.1) is 0 Å². The van der Waals surface area contributed by atoms with Crippen molar-refractivity contribution in [3.8, 4) is 0 Å². The van der Waals surface area contributed by atoms with Gasteiger partial charge in [0.05, 0.1) is 26.4 Å². The van der Waals surface area contributed by atoms with Crippen LogP contribution in [0.4, 0.5) is 0 Å². The van der Waals surface area contributed by atoms with E-state index in [0.29, 0.717) is 0 Å². The Balaban J connectivity index is 1.62. The highest BCUT2D eigenvalue weighted by Gasteiger charge is 2.57. The summed E-state index contributed by atoms with van der Waals surface area (Å²) in [5.41, 5.74) is 0. The van der Waals surface area contributed by atoms with E-state index in [1.54, 1.807) is 14.2 Å². The average molecular weight is 849 g/mol. The molecule has 0 bridgehead atoms. The van der Waals surface area contributed by atoms with Gasteiger partial charge in [0.1, 0.15) is 97.7 Å². The second kappa shape index (κ2) is 24.7. The summed E-state index contributed by atoms with van der Waals surface area (Å²) >= 11 is 0. The SMILES string of the molecule is COCC1O[C@H](O[C@H]2C(COC)O[C@H](O[C@H]3C(COC)O[C@H](O[C@H]4C(COC)O[C@@H](OC)C(OC)[C@@H]4OC)C(OC)[C@@H]3OC)C(OC)[C@@H]2OC)C(OC)[C@H](OC)[C@H]1O. The molecule has 4 rings (SSSR count). The van der Waals surface area contributed by atoms with E-state index in [9.17, 15) is 5.11 Å². The van der Waals surface area contributed by atoms with Crippen LogP contribution < -0.4 is 0 Å². The van der Waals surface area contributed by atoms with Crippen molar-refractivity contribution in [1.82, 2.24) is 0 Å². The fraction of sp³-hybridized carbons (Fsp3) is 1.00. The molecule has 0 aromatic rings. The van der Waals surface area contributed by atoms with Crippen molar-refractivity contribution in [2.75, 3.05) is 119 Å². The summed E-state index contributed by atoms with van der Waals surface area (Å²) in [5, 5.41) is 11.0. The van der Waals surface area contributed by atoms with Gasteiger partial charge < -0.3 is 99.8 Å². The first-order chi connectivity index (χ1) is 28.1. The Labute approximate surface area is 341 Å². The minimum Gasteiger partial charge on any atom is -0.387 e. The molecule has 21 heteroatoms. The Morgan fingerprint density at radius 3 is 0.845 bits per heavy atom. The standard InChI is InChI=1S/C37H68O21/c1-39-14-18-22(38)26(43-5)30(47-9)35(52-18)56-24-20(16-41-3)54-37(32(49-11)28(24)45-7)58-25-21(17-42-4)55-36(33(50-12)29(25)46-8)57-23-19(15-40-2)53-34(51-13)31(48-10)27(23)44-6/h18-38H,14-17H2,1-13H3/t18?,19?,20?,21?,22-,23-,24-,25-,26+,27+,28+,29+,30?,31?,32?,33?,34+,35+,36+,37+/m0/s1. The van der Waals surface area contributed by atoms with Crippen molar-refractivity contribution < 1.29 is 99.8 Å². The van der Waals surface area contributed by atoms with E-state index in [0.717, 1.165) is 0 Å². The Morgan fingerprint density at radius 2 is 0.552 bits per heavy atom. The van der Waals surface area contributed by atoms with Crippen molar-refractivity contribution in [3.05, 3.63) is 0 Å². The van der Waals surface area contributed by atoms with Crippen LogP contribution in [0.5, 0.6) is 0 Å². The first kappa shape index (κ1) is 49.8. The van der Waals surface area contributed by atoms with E-state index in [1.165, 1.54) is 78.2 Å². The van der Waals surface area contributed by atoms with E-state index >= 15 is 0 Å². The molecule has 4 aliphatic heterocycles. The van der Waals surface area contributed by atoms with Crippen molar-refractivity contribution in [1.29, 1.82) is 0 Å². The maximum Gasteiger partial charge on any atom is 0.187 e. The zero-order chi connectivity index (χ0) is 42.5.